The van der Waals surface area contributed by atoms with Crippen molar-refractivity contribution >= 4 is 12.1 Å². The Labute approximate surface area is 181 Å². The third-order valence-electron chi connectivity index (χ3n) is 6.08. The lowest BCUT2D eigenvalue weighted by atomic mass is 9.94. The lowest BCUT2D eigenvalue weighted by Crippen LogP contribution is -2.36. The van der Waals surface area contributed by atoms with Crippen LogP contribution in [-0.2, 0) is 4.79 Å². The number of amides is 1. The van der Waals surface area contributed by atoms with E-state index in [1.165, 1.54) is 12.0 Å². The first-order chi connectivity index (χ1) is 14.8. The maximum Gasteiger partial charge on any atom is 0.275 e. The minimum Gasteiger partial charge on any atom is -0.497 e. The van der Waals surface area contributed by atoms with Crippen molar-refractivity contribution in [2.24, 2.45) is 0 Å². The predicted molar refractivity (Wildman–Crippen MR) is 116 cm³/mol. The van der Waals surface area contributed by atoms with Crippen LogP contribution in [0, 0.1) is 18.6 Å². The number of methoxy groups -OCH3 is 1. The molecule has 1 aromatic carbocycles. The minimum atomic E-state index is -0.731. The van der Waals surface area contributed by atoms with Crippen molar-refractivity contribution in [1.82, 2.24) is 9.47 Å². The van der Waals surface area contributed by atoms with E-state index in [4.69, 9.17) is 4.74 Å². The van der Waals surface area contributed by atoms with Crippen LogP contribution >= 0.6 is 0 Å². The van der Waals surface area contributed by atoms with Gasteiger partial charge in [-0.3, -0.25) is 9.59 Å². The molecule has 8 heteroatoms. The van der Waals surface area contributed by atoms with Gasteiger partial charge >= 0.3 is 0 Å². The molecular weight excluding hydrogens is 404 g/mol. The van der Waals surface area contributed by atoms with Crippen molar-refractivity contribution in [1.29, 1.82) is 0 Å². The summed E-state index contributed by atoms with van der Waals surface area (Å²) in [7, 11) is 3.34. The summed E-state index contributed by atoms with van der Waals surface area (Å²) < 4.78 is 35.9. The average Bonchev–Trinajstić information content (AvgIpc) is 3.16. The number of ether oxygens (including phenoxy) is 1. The Kier molecular flexibility index (Phi) is 7.10. The summed E-state index contributed by atoms with van der Waals surface area (Å²) >= 11 is 0. The van der Waals surface area contributed by atoms with Crippen molar-refractivity contribution in [3.05, 3.63) is 57.5 Å². The van der Waals surface area contributed by atoms with Crippen LogP contribution in [0.25, 0.3) is 0 Å². The molecule has 1 aromatic heterocycles. The first-order valence-electron chi connectivity index (χ1n) is 10.5. The third-order valence-corrected chi connectivity index (χ3v) is 6.08. The Hall–Kier alpha value is -2.74. The summed E-state index contributed by atoms with van der Waals surface area (Å²) in [5, 5.41) is 0. The summed E-state index contributed by atoms with van der Waals surface area (Å²) in [6.45, 7) is 5.19. The monoisotopic (exact) mass is 433 g/mol. The SMILES string of the molecule is CCC(CN(C=O)c1c(C)ccn(C2CCN(C)C2)c1=O)c1c(F)cc(OC)cc1F. The highest BCUT2D eigenvalue weighted by Crippen LogP contribution is 2.31. The van der Waals surface area contributed by atoms with Crippen molar-refractivity contribution in [2.45, 2.75) is 38.6 Å². The molecule has 0 bridgehead atoms. The number of halogens is 2. The quantitative estimate of drug-likeness (QED) is 0.598. The van der Waals surface area contributed by atoms with Gasteiger partial charge in [0.15, 0.2) is 0 Å². The second-order valence-corrected chi connectivity index (χ2v) is 8.13. The van der Waals surface area contributed by atoms with Crippen molar-refractivity contribution in [3.63, 3.8) is 0 Å². The largest absolute Gasteiger partial charge is 0.497 e. The molecule has 0 N–H and O–H groups in total. The van der Waals surface area contributed by atoms with Crippen molar-refractivity contribution < 1.29 is 18.3 Å². The van der Waals surface area contributed by atoms with Crippen LogP contribution in [0.3, 0.4) is 0 Å². The second kappa shape index (κ2) is 9.60. The number of pyridine rings is 1. The van der Waals surface area contributed by atoms with Gasteiger partial charge in [0.25, 0.3) is 5.56 Å². The molecule has 1 aliphatic rings. The molecule has 0 spiro atoms. The van der Waals surface area contributed by atoms with E-state index in [-0.39, 0.29) is 35.1 Å². The Morgan fingerprint density at radius 1 is 1.32 bits per heavy atom. The van der Waals surface area contributed by atoms with E-state index in [0.29, 0.717) is 18.4 Å². The molecule has 0 saturated carbocycles. The number of carbonyl (C=O) groups excluding carboxylic acids is 1. The molecular formula is C23H29F2N3O3. The lowest BCUT2D eigenvalue weighted by molar-refractivity contribution is -0.107. The van der Waals surface area contributed by atoms with Gasteiger partial charge in [-0.05, 0) is 45.0 Å². The Balaban J connectivity index is 1.97. The van der Waals surface area contributed by atoms with Gasteiger partial charge in [-0.15, -0.1) is 0 Å². The van der Waals surface area contributed by atoms with E-state index in [2.05, 4.69) is 4.90 Å². The number of aromatic nitrogens is 1. The van der Waals surface area contributed by atoms with E-state index >= 15 is 0 Å². The smallest absolute Gasteiger partial charge is 0.275 e. The van der Waals surface area contributed by atoms with Gasteiger partial charge in [-0.2, -0.15) is 0 Å². The third kappa shape index (κ3) is 4.63. The topological polar surface area (TPSA) is 54.8 Å². The fraction of sp³-hybridized carbons (Fsp3) is 0.478. The van der Waals surface area contributed by atoms with Gasteiger partial charge in [0, 0.05) is 42.9 Å². The average molecular weight is 433 g/mol. The number of nitrogens with zero attached hydrogens (tertiary/aromatic N) is 3. The first-order valence-corrected chi connectivity index (χ1v) is 10.5. The second-order valence-electron chi connectivity index (χ2n) is 8.13. The molecule has 2 atom stereocenters. The molecule has 1 fully saturated rings. The van der Waals surface area contributed by atoms with E-state index in [1.54, 1.807) is 30.7 Å². The zero-order valence-corrected chi connectivity index (χ0v) is 18.4. The number of benzene rings is 1. The van der Waals surface area contributed by atoms with Crippen LogP contribution in [0.15, 0.2) is 29.2 Å². The molecule has 1 saturated heterocycles. The van der Waals surface area contributed by atoms with Gasteiger partial charge in [0.1, 0.15) is 23.1 Å². The Morgan fingerprint density at radius 3 is 2.52 bits per heavy atom. The lowest BCUT2D eigenvalue weighted by Gasteiger charge is -2.26. The molecule has 2 unspecified atom stereocenters. The summed E-state index contributed by atoms with van der Waals surface area (Å²) in [6.07, 6.45) is 3.56. The van der Waals surface area contributed by atoms with Crippen LogP contribution in [0.2, 0.25) is 0 Å². The molecule has 1 amide bonds. The highest BCUT2D eigenvalue weighted by molar-refractivity contribution is 5.76. The Bertz CT molecular complexity index is 985. The fourth-order valence-corrected chi connectivity index (χ4v) is 4.32. The van der Waals surface area contributed by atoms with Crippen molar-refractivity contribution in [2.75, 3.05) is 38.7 Å². The number of hydrogen-bond acceptors (Lipinski definition) is 4. The highest BCUT2D eigenvalue weighted by Gasteiger charge is 2.27. The first kappa shape index (κ1) is 22.9. The van der Waals surface area contributed by atoms with Crippen LogP contribution in [0.4, 0.5) is 14.5 Å². The van der Waals surface area contributed by atoms with E-state index < -0.39 is 17.6 Å². The van der Waals surface area contributed by atoms with E-state index in [9.17, 15) is 18.4 Å². The van der Waals surface area contributed by atoms with Gasteiger partial charge in [-0.25, -0.2) is 8.78 Å². The number of aryl methyl sites for hydroxylation is 1. The standard InChI is InChI=1S/C23H29F2N3O3/c1-5-16(21-19(24)10-18(31-4)11-20(21)25)12-27(14-29)22-15(2)6-9-28(23(22)30)17-7-8-26(3)13-17/h6,9-11,14,16-17H,5,7-8,12-13H2,1-4H3. The zero-order chi connectivity index (χ0) is 22.7. The number of carbonyl (C=O) groups is 1. The molecule has 2 heterocycles. The normalized spacial score (nSPS) is 17.5. The highest BCUT2D eigenvalue weighted by atomic mass is 19.1. The number of likely N-dealkylation sites (N-methyl/N-ethyl adjacent to an activating group) is 1. The van der Waals surface area contributed by atoms with Gasteiger partial charge in [-0.1, -0.05) is 6.92 Å². The predicted octanol–water partition coefficient (Wildman–Crippen LogP) is 3.48. The minimum absolute atomic E-state index is 0.00910. The van der Waals surface area contributed by atoms with Crippen LogP contribution in [-0.4, -0.2) is 49.7 Å². The van der Waals surface area contributed by atoms with Gasteiger partial charge in [0.05, 0.1) is 13.2 Å². The zero-order valence-electron chi connectivity index (χ0n) is 18.4. The van der Waals surface area contributed by atoms with Crippen LogP contribution in [0.1, 0.15) is 42.9 Å². The molecule has 1 aliphatic heterocycles. The maximum absolute atomic E-state index is 14.7. The molecule has 6 nitrogen and oxygen atoms in total. The van der Waals surface area contributed by atoms with Crippen molar-refractivity contribution in [3.8, 4) is 5.75 Å². The summed E-state index contributed by atoms with van der Waals surface area (Å²) in [4.78, 5) is 28.7. The van der Waals surface area contributed by atoms with Gasteiger partial charge < -0.3 is 19.1 Å². The molecule has 0 radical (unpaired) electrons. The number of rotatable bonds is 8. The van der Waals surface area contributed by atoms with Crippen LogP contribution < -0.4 is 15.2 Å². The van der Waals surface area contributed by atoms with E-state index in [1.807, 2.05) is 7.05 Å². The summed E-state index contributed by atoms with van der Waals surface area (Å²) in [6, 6.07) is 4.10. The molecule has 168 valence electrons. The number of anilines is 1. The molecule has 0 aliphatic carbocycles. The maximum atomic E-state index is 14.7. The van der Waals surface area contributed by atoms with E-state index in [0.717, 1.165) is 31.6 Å². The number of hydrogen-bond donors (Lipinski definition) is 0. The molecule has 31 heavy (non-hydrogen) atoms. The van der Waals surface area contributed by atoms with Crippen LogP contribution in [0.5, 0.6) is 5.75 Å². The molecule has 2 aromatic rings. The molecule has 3 rings (SSSR count). The fourth-order valence-electron chi connectivity index (χ4n) is 4.32. The Morgan fingerprint density at radius 2 is 2.00 bits per heavy atom. The number of likely N-dealkylation sites (tertiary alicyclic amines) is 1. The summed E-state index contributed by atoms with van der Waals surface area (Å²) in [5.41, 5.74) is 0.518. The van der Waals surface area contributed by atoms with Gasteiger partial charge in [0.2, 0.25) is 6.41 Å². The summed E-state index contributed by atoms with van der Waals surface area (Å²) in [5.74, 6) is -2.00.